The summed E-state index contributed by atoms with van der Waals surface area (Å²) in [6.45, 7) is 9.91. The van der Waals surface area contributed by atoms with Crippen molar-refractivity contribution < 1.29 is 23.1 Å². The number of benzene rings is 1. The molecule has 0 aliphatic carbocycles. The first-order valence-electron chi connectivity index (χ1n) is 12.5. The number of carbonyl (C=O) groups excluding carboxylic acids is 1. The summed E-state index contributed by atoms with van der Waals surface area (Å²) in [5, 5.41) is 0. The molecule has 0 unspecified atom stereocenters. The zero-order valence-corrected chi connectivity index (χ0v) is 18.8. The van der Waals surface area contributed by atoms with E-state index in [9.17, 15) is 4.79 Å². The fraction of sp³-hybridized carbons (Fsp3) is 0.708. The number of nitrogens with zero attached hydrogens (tertiary/aromatic N) is 1. The van der Waals surface area contributed by atoms with Gasteiger partial charge in [-0.1, -0.05) is 27.7 Å². The molecule has 2 N–H and O–H groups in total. The van der Waals surface area contributed by atoms with Gasteiger partial charge in [-0.15, -0.1) is 0 Å². The second-order valence-corrected chi connectivity index (χ2v) is 9.44. The number of piperidine rings is 1. The molecule has 1 fully saturated rings. The fourth-order valence-electron chi connectivity index (χ4n) is 4.80. The summed E-state index contributed by atoms with van der Waals surface area (Å²) in [5.74, 6) is 1.02. The van der Waals surface area contributed by atoms with Crippen LogP contribution in [0.15, 0.2) is 12.1 Å². The third-order valence-electron chi connectivity index (χ3n) is 6.49. The third-order valence-corrected chi connectivity index (χ3v) is 6.49. The Kier molecular flexibility index (Phi) is 6.04. The standard InChI is InChI=1S/C24H38N2O4/c1-14(2)9-17-13-26-8-7-16-10-21(28-5)22(29-6)11-18(16)19(26)12-20(17)30-24(27)23(25)15(3)4/h10-11,14-15,17,19-20,23H,7-9,12-13,25H2,1-6H3/t17-,19-,20+,23-/m0/s1/i5D3. The Morgan fingerprint density at radius 1 is 1.27 bits per heavy atom. The van der Waals surface area contributed by atoms with Gasteiger partial charge in [-0.05, 0) is 47.9 Å². The van der Waals surface area contributed by atoms with Crippen molar-refractivity contribution in [1.29, 1.82) is 0 Å². The molecule has 0 amide bonds. The first kappa shape index (κ1) is 18.9. The Bertz CT molecular complexity index is 844. The number of fused-ring (bicyclic) bond motifs is 3. The van der Waals surface area contributed by atoms with Gasteiger partial charge in [0.25, 0.3) is 0 Å². The number of rotatable bonds is 7. The maximum Gasteiger partial charge on any atom is 0.323 e. The van der Waals surface area contributed by atoms with Gasteiger partial charge >= 0.3 is 5.97 Å². The quantitative estimate of drug-likeness (QED) is 0.679. The zero-order valence-electron chi connectivity index (χ0n) is 21.8. The van der Waals surface area contributed by atoms with E-state index >= 15 is 0 Å². The predicted octanol–water partition coefficient (Wildman–Crippen LogP) is 3.56. The van der Waals surface area contributed by atoms with Gasteiger partial charge in [0.15, 0.2) is 11.5 Å². The molecule has 0 aromatic heterocycles. The molecule has 0 radical (unpaired) electrons. The molecule has 0 spiro atoms. The van der Waals surface area contributed by atoms with E-state index in [4.69, 9.17) is 24.1 Å². The molecule has 30 heavy (non-hydrogen) atoms. The van der Waals surface area contributed by atoms with E-state index in [0.717, 1.165) is 37.1 Å². The Hall–Kier alpha value is -1.79. The lowest BCUT2D eigenvalue weighted by atomic mass is 9.79. The maximum absolute atomic E-state index is 12.7. The number of esters is 1. The normalized spacial score (nSPS) is 26.8. The number of carbonyl (C=O) groups is 1. The van der Waals surface area contributed by atoms with Gasteiger partial charge < -0.3 is 19.9 Å². The maximum atomic E-state index is 12.7. The van der Waals surface area contributed by atoms with Crippen LogP contribution in [0.25, 0.3) is 0 Å². The van der Waals surface area contributed by atoms with Crippen LogP contribution in [0.1, 0.15) is 61.8 Å². The second kappa shape index (κ2) is 9.56. The first-order valence-corrected chi connectivity index (χ1v) is 11.0. The number of methoxy groups -OCH3 is 2. The van der Waals surface area contributed by atoms with Gasteiger partial charge in [-0.3, -0.25) is 9.69 Å². The van der Waals surface area contributed by atoms with Crippen LogP contribution in [0.4, 0.5) is 0 Å². The Morgan fingerprint density at radius 2 is 2.00 bits per heavy atom. The van der Waals surface area contributed by atoms with Crippen molar-refractivity contribution >= 4 is 5.97 Å². The van der Waals surface area contributed by atoms with Gasteiger partial charge in [0.2, 0.25) is 0 Å². The van der Waals surface area contributed by atoms with Gasteiger partial charge in [0.1, 0.15) is 12.1 Å². The summed E-state index contributed by atoms with van der Waals surface area (Å²) in [7, 11) is -1.04. The number of nitrogens with two attached hydrogens (primary N) is 1. The van der Waals surface area contributed by atoms with E-state index in [1.807, 2.05) is 19.9 Å². The molecule has 2 aliphatic heterocycles. The summed E-state index contributed by atoms with van der Waals surface area (Å²) in [6.07, 6.45) is 2.22. The van der Waals surface area contributed by atoms with Gasteiger partial charge in [-0.25, -0.2) is 0 Å². The largest absolute Gasteiger partial charge is 0.493 e. The van der Waals surface area contributed by atoms with Crippen molar-refractivity contribution in [2.45, 2.75) is 65.1 Å². The molecule has 3 rings (SSSR count). The SMILES string of the molecule is [2H]C([2H])([2H])Oc1cc2c(cc1OC)[C@@H]1C[C@@H](OC(=O)[C@@H](N)C(C)C)[C@@H](CC(C)C)CN1CC2. The highest BCUT2D eigenvalue weighted by Gasteiger charge is 2.41. The zero-order chi connectivity index (χ0) is 24.5. The van der Waals surface area contributed by atoms with Crippen LogP contribution in [0, 0.1) is 17.8 Å². The van der Waals surface area contributed by atoms with Crippen molar-refractivity contribution in [3.05, 3.63) is 23.3 Å². The van der Waals surface area contributed by atoms with Crippen molar-refractivity contribution in [2.24, 2.45) is 23.5 Å². The molecule has 1 aromatic carbocycles. The molecule has 6 heteroatoms. The van der Waals surface area contributed by atoms with E-state index in [-0.39, 0.29) is 35.7 Å². The lowest BCUT2D eigenvalue weighted by molar-refractivity contribution is -0.160. The summed E-state index contributed by atoms with van der Waals surface area (Å²) in [6, 6.07) is 3.09. The summed E-state index contributed by atoms with van der Waals surface area (Å²) in [5.41, 5.74) is 8.20. The summed E-state index contributed by atoms with van der Waals surface area (Å²) in [4.78, 5) is 15.2. The monoisotopic (exact) mass is 421 g/mol. The van der Waals surface area contributed by atoms with Crippen LogP contribution >= 0.6 is 0 Å². The molecular weight excluding hydrogens is 380 g/mol. The Labute approximate surface area is 185 Å². The second-order valence-electron chi connectivity index (χ2n) is 9.44. The molecule has 0 bridgehead atoms. The smallest absolute Gasteiger partial charge is 0.323 e. The minimum absolute atomic E-state index is 0.0115. The molecule has 2 heterocycles. The molecule has 6 nitrogen and oxygen atoms in total. The van der Waals surface area contributed by atoms with E-state index < -0.39 is 13.1 Å². The lowest BCUT2D eigenvalue weighted by Gasteiger charge is -2.47. The minimum atomic E-state index is -2.55. The molecule has 0 saturated carbocycles. The molecular formula is C24H38N2O4. The molecule has 168 valence electrons. The van der Waals surface area contributed by atoms with Crippen LogP contribution in [-0.4, -0.2) is 50.3 Å². The summed E-state index contributed by atoms with van der Waals surface area (Å²) < 4.78 is 39.0. The molecule has 1 aromatic rings. The minimum Gasteiger partial charge on any atom is -0.493 e. The van der Waals surface area contributed by atoms with Crippen LogP contribution in [0.3, 0.4) is 0 Å². The van der Waals surface area contributed by atoms with Crippen molar-refractivity contribution in [1.82, 2.24) is 4.90 Å². The van der Waals surface area contributed by atoms with E-state index in [0.29, 0.717) is 18.1 Å². The van der Waals surface area contributed by atoms with Crippen LogP contribution in [-0.2, 0) is 16.0 Å². The van der Waals surface area contributed by atoms with Crippen LogP contribution < -0.4 is 15.2 Å². The highest BCUT2D eigenvalue weighted by atomic mass is 16.5. The highest BCUT2D eigenvalue weighted by Crippen LogP contribution is 2.44. The third kappa shape index (κ3) is 4.75. The van der Waals surface area contributed by atoms with Crippen molar-refractivity contribution in [2.75, 3.05) is 27.2 Å². The van der Waals surface area contributed by atoms with E-state index in [2.05, 4.69) is 18.7 Å². The van der Waals surface area contributed by atoms with Gasteiger partial charge in [-0.2, -0.15) is 0 Å². The molecule has 2 aliphatic rings. The van der Waals surface area contributed by atoms with E-state index in [1.165, 1.54) is 7.11 Å². The van der Waals surface area contributed by atoms with Gasteiger partial charge in [0, 0.05) is 31.5 Å². The number of ether oxygens (including phenoxy) is 3. The Morgan fingerprint density at radius 3 is 2.63 bits per heavy atom. The Balaban J connectivity index is 1.90. The van der Waals surface area contributed by atoms with Crippen LogP contribution in [0.5, 0.6) is 11.5 Å². The number of hydrogen-bond donors (Lipinski definition) is 1. The number of hydrogen-bond acceptors (Lipinski definition) is 6. The molecule has 4 atom stereocenters. The van der Waals surface area contributed by atoms with Crippen molar-refractivity contribution in [3.8, 4) is 11.5 Å². The molecule has 1 saturated heterocycles. The van der Waals surface area contributed by atoms with E-state index in [1.54, 1.807) is 6.07 Å². The van der Waals surface area contributed by atoms with Crippen LogP contribution in [0.2, 0.25) is 0 Å². The predicted molar refractivity (Wildman–Crippen MR) is 118 cm³/mol. The topological polar surface area (TPSA) is 74.0 Å². The summed E-state index contributed by atoms with van der Waals surface area (Å²) >= 11 is 0. The average molecular weight is 422 g/mol. The van der Waals surface area contributed by atoms with Gasteiger partial charge in [0.05, 0.1) is 18.3 Å². The average Bonchev–Trinajstić information content (AvgIpc) is 2.71. The highest BCUT2D eigenvalue weighted by molar-refractivity contribution is 5.76. The first-order chi connectivity index (χ1) is 15.4. The van der Waals surface area contributed by atoms with Crippen molar-refractivity contribution in [3.63, 3.8) is 0 Å². The fourth-order valence-corrected chi connectivity index (χ4v) is 4.80. The lowest BCUT2D eigenvalue weighted by Crippen LogP contribution is -2.51.